The summed E-state index contributed by atoms with van der Waals surface area (Å²) < 4.78 is 0. The van der Waals surface area contributed by atoms with Crippen LogP contribution < -0.4 is 38.1 Å². The number of amides is 7. The van der Waals surface area contributed by atoms with Crippen LogP contribution in [0.25, 0.3) is 10.9 Å². The number of aromatic nitrogens is 3. The number of nitrogens with one attached hydrogen (secondary N) is 7. The summed E-state index contributed by atoms with van der Waals surface area (Å²) in [5.74, 6) is -7.26. The number of carbonyl (C=O) groups is 8. The predicted molar refractivity (Wildman–Crippen MR) is 232 cm³/mol. The van der Waals surface area contributed by atoms with Crippen molar-refractivity contribution < 1.29 is 53.7 Å². The Morgan fingerprint density at radius 1 is 0.800 bits per heavy atom. The molecule has 65 heavy (non-hydrogen) atoms. The highest BCUT2D eigenvalue weighted by molar-refractivity contribution is 5.98. The van der Waals surface area contributed by atoms with E-state index in [-0.39, 0.29) is 45.1 Å². The monoisotopic (exact) mass is 901 g/mol. The molecular formula is C43H55N11O11. The van der Waals surface area contributed by atoms with Gasteiger partial charge in [0, 0.05) is 61.2 Å². The Kier molecular flexibility index (Phi) is 17.3. The molecule has 2 aromatic carbocycles. The number of rotatable bonds is 23. The van der Waals surface area contributed by atoms with Gasteiger partial charge in [0.2, 0.25) is 41.4 Å². The molecule has 1 aliphatic rings. The maximum Gasteiger partial charge on any atom is 0.326 e. The lowest BCUT2D eigenvalue weighted by atomic mass is 10.0. The molecule has 348 valence electrons. The first-order valence-electron chi connectivity index (χ1n) is 21.0. The van der Waals surface area contributed by atoms with E-state index in [1.54, 1.807) is 60.8 Å². The summed E-state index contributed by atoms with van der Waals surface area (Å²) in [7, 11) is 0. The van der Waals surface area contributed by atoms with Gasteiger partial charge in [0.1, 0.15) is 36.3 Å². The topological polar surface area (TPSA) is 357 Å². The first kappa shape index (κ1) is 48.9. The number of fused-ring (bicyclic) bond motifs is 1. The number of aliphatic hydroxyl groups is 2. The van der Waals surface area contributed by atoms with Gasteiger partial charge in [-0.3, -0.25) is 33.6 Å². The molecular weight excluding hydrogens is 847 g/mol. The first-order valence-corrected chi connectivity index (χ1v) is 21.0. The van der Waals surface area contributed by atoms with E-state index in [9.17, 15) is 53.7 Å². The van der Waals surface area contributed by atoms with Crippen LogP contribution in [0.2, 0.25) is 0 Å². The van der Waals surface area contributed by atoms with Crippen LogP contribution in [0.1, 0.15) is 49.4 Å². The van der Waals surface area contributed by atoms with Crippen molar-refractivity contribution >= 4 is 58.2 Å². The summed E-state index contributed by atoms with van der Waals surface area (Å²) in [5.41, 5.74) is 13.6. The molecule has 2 aromatic heterocycles. The second kappa shape index (κ2) is 23.0. The van der Waals surface area contributed by atoms with Gasteiger partial charge in [0.05, 0.1) is 25.1 Å². The predicted octanol–water partition coefficient (Wildman–Crippen LogP) is -2.62. The van der Waals surface area contributed by atoms with Crippen molar-refractivity contribution in [1.29, 1.82) is 0 Å². The molecule has 0 aliphatic carbocycles. The summed E-state index contributed by atoms with van der Waals surface area (Å²) in [6, 6.07) is 5.86. The third kappa shape index (κ3) is 13.4. The number of carboxylic acid groups (broad SMARTS) is 1. The highest BCUT2D eigenvalue weighted by Crippen LogP contribution is 2.21. The summed E-state index contributed by atoms with van der Waals surface area (Å²) >= 11 is 0. The number of likely N-dealkylation sites (tertiary alicyclic amines) is 1. The summed E-state index contributed by atoms with van der Waals surface area (Å²) in [5, 5.41) is 43.9. The molecule has 3 heterocycles. The quantitative estimate of drug-likeness (QED) is 0.0364. The number of nitrogens with zero attached hydrogens (tertiary/aromatic N) is 2. The fourth-order valence-corrected chi connectivity index (χ4v) is 7.44. The minimum Gasteiger partial charge on any atom is -0.480 e. The van der Waals surface area contributed by atoms with Gasteiger partial charge in [-0.1, -0.05) is 48.5 Å². The van der Waals surface area contributed by atoms with Gasteiger partial charge < -0.3 is 68.2 Å². The Morgan fingerprint density at radius 2 is 1.40 bits per heavy atom. The van der Waals surface area contributed by atoms with Crippen LogP contribution in [0.4, 0.5) is 0 Å². The van der Waals surface area contributed by atoms with E-state index in [0.717, 1.165) is 4.90 Å². The van der Waals surface area contributed by atoms with Crippen LogP contribution in [0, 0.1) is 0 Å². The molecule has 0 bridgehead atoms. The van der Waals surface area contributed by atoms with E-state index in [2.05, 4.69) is 41.5 Å². The number of nitrogens with two attached hydrogens (primary N) is 2. The lowest BCUT2D eigenvalue weighted by molar-refractivity contribution is -0.150. The molecule has 5 rings (SSSR count). The number of benzene rings is 2. The molecule has 4 aromatic rings. The number of carboxylic acids is 1. The van der Waals surface area contributed by atoms with Crippen molar-refractivity contribution in [2.45, 2.75) is 100 Å². The Balaban J connectivity index is 1.40. The zero-order valence-electron chi connectivity index (χ0n) is 35.6. The second-order valence-corrected chi connectivity index (χ2v) is 15.8. The largest absolute Gasteiger partial charge is 0.480 e. The minimum atomic E-state index is -1.73. The molecule has 14 N–H and O–H groups in total. The van der Waals surface area contributed by atoms with Crippen molar-refractivity contribution in [3.05, 3.63) is 90.1 Å². The first-order chi connectivity index (χ1) is 31.1. The smallest absolute Gasteiger partial charge is 0.326 e. The Bertz CT molecular complexity index is 2300. The zero-order valence-corrected chi connectivity index (χ0v) is 35.6. The number of para-hydroxylation sites is 1. The van der Waals surface area contributed by atoms with Crippen molar-refractivity contribution in [2.75, 3.05) is 13.2 Å². The fourth-order valence-electron chi connectivity index (χ4n) is 7.44. The summed E-state index contributed by atoms with van der Waals surface area (Å²) in [6.45, 7) is 0.297. The lowest BCUT2D eigenvalue weighted by Gasteiger charge is -2.30. The van der Waals surface area contributed by atoms with Crippen molar-refractivity contribution in [2.24, 2.45) is 11.5 Å². The molecule has 8 atom stereocenters. The van der Waals surface area contributed by atoms with E-state index < -0.39 is 102 Å². The van der Waals surface area contributed by atoms with Crippen LogP contribution >= 0.6 is 0 Å². The number of H-pyrrole nitrogens is 2. The number of hydrogen-bond acceptors (Lipinski definition) is 12. The number of imidazole rings is 1. The van der Waals surface area contributed by atoms with Gasteiger partial charge in [-0.05, 0) is 43.4 Å². The SMILES string of the molecule is C[C@@H](O)[C@H](NC(=O)[C@H](CO)NC(=O)[C@H](Cc1c[nH]c2ccccc12)NC(=O)[C@H](Cc1ccccc1)NC(=O)[C@H](Cc1cnc[nH]1)NC(=O)[C@@H](N)CCC(N)=O)C(=O)N1CCC[C@H]1C(=O)O. The molecule has 1 fully saturated rings. The molecule has 1 saturated heterocycles. The van der Waals surface area contributed by atoms with Crippen LogP contribution in [-0.4, -0.2) is 144 Å². The highest BCUT2D eigenvalue weighted by Gasteiger charge is 2.40. The fraction of sp³-hybridized carbons (Fsp3) is 0.419. The van der Waals surface area contributed by atoms with Gasteiger partial charge in [-0.25, -0.2) is 9.78 Å². The van der Waals surface area contributed by atoms with Crippen LogP contribution in [-0.2, 0) is 57.6 Å². The number of aliphatic hydroxyl groups excluding tert-OH is 2. The molecule has 0 radical (unpaired) electrons. The molecule has 1 aliphatic heterocycles. The summed E-state index contributed by atoms with van der Waals surface area (Å²) in [6.07, 6.45) is 2.83. The second-order valence-electron chi connectivity index (χ2n) is 15.8. The number of carbonyl (C=O) groups excluding carboxylic acids is 7. The van der Waals surface area contributed by atoms with E-state index in [1.807, 2.05) is 0 Å². The van der Waals surface area contributed by atoms with Gasteiger partial charge in [-0.15, -0.1) is 0 Å². The maximum atomic E-state index is 14.5. The number of aliphatic carboxylic acids is 1. The van der Waals surface area contributed by atoms with E-state index in [1.165, 1.54) is 19.4 Å². The molecule has 22 nitrogen and oxygen atoms in total. The molecule has 0 spiro atoms. The standard InChI is InChI=1S/C43H55N11O11/c1-23(56)36(42(63)54-15-7-12-34(54)43(64)65)53-41(62)33(21-55)52-39(60)31(17-25-19-47-29-11-6-5-10-27(25)29)51-38(59)30(16-24-8-3-2-4-9-24)50-40(61)32(18-26-20-46-22-48-26)49-37(58)28(44)13-14-35(45)57/h2-6,8-11,19-20,22-23,28,30-34,36,47,55-56H,7,12-18,21,44H2,1H3,(H2,45,57)(H,46,48)(H,49,58)(H,50,61)(H,51,59)(H,52,60)(H,53,62)(H,64,65)/t23-,28+,30+,31+,32+,33+,34+,36+/m1/s1. The van der Waals surface area contributed by atoms with Crippen LogP contribution in [0.15, 0.2) is 73.3 Å². The lowest BCUT2D eigenvalue weighted by Crippen LogP contribution is -2.62. The zero-order chi connectivity index (χ0) is 47.2. The van der Waals surface area contributed by atoms with Gasteiger partial charge in [0.15, 0.2) is 0 Å². The number of hydrogen-bond donors (Lipinski definition) is 12. The van der Waals surface area contributed by atoms with Crippen LogP contribution in [0.3, 0.4) is 0 Å². The molecule has 7 amide bonds. The average molecular weight is 902 g/mol. The average Bonchev–Trinajstić information content (AvgIpc) is 4.08. The van der Waals surface area contributed by atoms with Gasteiger partial charge in [-0.2, -0.15) is 0 Å². The van der Waals surface area contributed by atoms with Crippen molar-refractivity contribution in [3.8, 4) is 0 Å². The Labute approximate surface area is 372 Å². The third-order valence-electron chi connectivity index (χ3n) is 11.0. The Morgan fingerprint density at radius 3 is 2.02 bits per heavy atom. The number of primary amides is 1. The third-order valence-corrected chi connectivity index (χ3v) is 11.0. The van der Waals surface area contributed by atoms with E-state index in [4.69, 9.17) is 11.5 Å². The minimum absolute atomic E-state index is 0.0715. The summed E-state index contributed by atoms with van der Waals surface area (Å²) in [4.78, 5) is 117. The molecule has 22 heteroatoms. The molecule has 0 unspecified atom stereocenters. The van der Waals surface area contributed by atoms with Crippen molar-refractivity contribution in [3.63, 3.8) is 0 Å². The number of aromatic amines is 2. The van der Waals surface area contributed by atoms with E-state index in [0.29, 0.717) is 34.1 Å². The molecule has 0 saturated carbocycles. The van der Waals surface area contributed by atoms with Gasteiger partial charge in [0.25, 0.3) is 0 Å². The Hall–Kier alpha value is -7.17. The maximum absolute atomic E-state index is 14.5. The van der Waals surface area contributed by atoms with Gasteiger partial charge >= 0.3 is 5.97 Å². The van der Waals surface area contributed by atoms with Crippen molar-refractivity contribution in [1.82, 2.24) is 46.4 Å². The normalized spacial score (nSPS) is 16.8. The van der Waals surface area contributed by atoms with E-state index >= 15 is 0 Å². The van der Waals surface area contributed by atoms with Crippen LogP contribution in [0.5, 0.6) is 0 Å². The highest BCUT2D eigenvalue weighted by atomic mass is 16.4.